The standard InChI is InChI=1S/C12H16BF3O4/c1-19-11-4-3-10(13(17)18)7-9(11)8-20-6-2-5-12(14,15)16/h3-4,7,17-18H,2,5-6,8H2,1H3. The highest BCUT2D eigenvalue weighted by molar-refractivity contribution is 6.58. The average molecular weight is 292 g/mol. The summed E-state index contributed by atoms with van der Waals surface area (Å²) in [6.07, 6.45) is -5.18. The molecule has 0 spiro atoms. The predicted molar refractivity (Wildman–Crippen MR) is 67.8 cm³/mol. The first-order chi connectivity index (χ1) is 9.33. The molecule has 4 nitrogen and oxygen atoms in total. The predicted octanol–water partition coefficient (Wildman–Crippen LogP) is 1.23. The second kappa shape index (κ2) is 7.51. The first kappa shape index (κ1) is 16.8. The van der Waals surface area contributed by atoms with Gasteiger partial charge in [0.05, 0.1) is 13.7 Å². The van der Waals surface area contributed by atoms with Crippen LogP contribution in [0.1, 0.15) is 18.4 Å². The molecular weight excluding hydrogens is 276 g/mol. The van der Waals surface area contributed by atoms with Gasteiger partial charge in [-0.15, -0.1) is 0 Å². The summed E-state index contributed by atoms with van der Waals surface area (Å²) in [7, 11) is -0.178. The van der Waals surface area contributed by atoms with E-state index in [0.29, 0.717) is 11.3 Å². The minimum Gasteiger partial charge on any atom is -0.496 e. The first-order valence-electron chi connectivity index (χ1n) is 6.01. The summed E-state index contributed by atoms with van der Waals surface area (Å²) in [4.78, 5) is 0. The van der Waals surface area contributed by atoms with Crippen molar-refractivity contribution in [2.24, 2.45) is 0 Å². The third kappa shape index (κ3) is 5.81. The van der Waals surface area contributed by atoms with Gasteiger partial charge in [-0.1, -0.05) is 12.1 Å². The maximum atomic E-state index is 11.9. The van der Waals surface area contributed by atoms with E-state index in [1.54, 1.807) is 6.07 Å². The highest BCUT2D eigenvalue weighted by Gasteiger charge is 2.25. The zero-order valence-electron chi connectivity index (χ0n) is 11.0. The van der Waals surface area contributed by atoms with Gasteiger partial charge < -0.3 is 19.5 Å². The van der Waals surface area contributed by atoms with Gasteiger partial charge in [0.1, 0.15) is 5.75 Å². The minimum absolute atomic E-state index is 0.0332. The van der Waals surface area contributed by atoms with Crippen LogP contribution in [0.2, 0.25) is 0 Å². The van der Waals surface area contributed by atoms with E-state index in [0.717, 1.165) is 0 Å². The van der Waals surface area contributed by atoms with Crippen LogP contribution < -0.4 is 10.2 Å². The molecule has 2 N–H and O–H groups in total. The highest BCUT2D eigenvalue weighted by atomic mass is 19.4. The van der Waals surface area contributed by atoms with Crippen LogP contribution >= 0.6 is 0 Å². The summed E-state index contributed by atoms with van der Waals surface area (Å²) in [6, 6.07) is 4.51. The zero-order valence-corrected chi connectivity index (χ0v) is 11.0. The number of benzene rings is 1. The molecule has 0 aliphatic carbocycles. The molecule has 0 aliphatic heterocycles. The Kier molecular flexibility index (Phi) is 6.32. The lowest BCUT2D eigenvalue weighted by Crippen LogP contribution is -2.30. The maximum absolute atomic E-state index is 11.9. The fraction of sp³-hybridized carbons (Fsp3) is 0.500. The summed E-state index contributed by atoms with van der Waals surface area (Å²) in [5.74, 6) is 0.477. The van der Waals surface area contributed by atoms with Gasteiger partial charge in [0.2, 0.25) is 0 Å². The molecule has 0 radical (unpaired) electrons. The monoisotopic (exact) mass is 292 g/mol. The van der Waals surface area contributed by atoms with E-state index >= 15 is 0 Å². The number of methoxy groups -OCH3 is 1. The van der Waals surface area contributed by atoms with Crippen molar-refractivity contribution < 1.29 is 32.7 Å². The molecule has 1 aromatic rings. The van der Waals surface area contributed by atoms with Crippen molar-refractivity contribution in [1.82, 2.24) is 0 Å². The van der Waals surface area contributed by atoms with Crippen molar-refractivity contribution in [3.05, 3.63) is 23.8 Å². The summed E-state index contributed by atoms with van der Waals surface area (Å²) in [6.45, 7) is 0.0101. The molecule has 0 saturated carbocycles. The van der Waals surface area contributed by atoms with Gasteiger partial charge in [0, 0.05) is 18.6 Å². The molecule has 0 amide bonds. The number of hydrogen-bond donors (Lipinski definition) is 2. The lowest BCUT2D eigenvalue weighted by atomic mass is 9.79. The molecule has 0 aliphatic rings. The van der Waals surface area contributed by atoms with Crippen molar-refractivity contribution in [1.29, 1.82) is 0 Å². The van der Waals surface area contributed by atoms with Crippen molar-refractivity contribution in [2.45, 2.75) is 25.6 Å². The number of hydrogen-bond acceptors (Lipinski definition) is 4. The van der Waals surface area contributed by atoms with Gasteiger partial charge in [0.15, 0.2) is 0 Å². The Morgan fingerprint density at radius 2 is 1.95 bits per heavy atom. The molecule has 0 unspecified atom stereocenters. The Bertz CT molecular complexity index is 424. The molecule has 112 valence electrons. The number of ether oxygens (including phenoxy) is 2. The minimum atomic E-state index is -4.18. The lowest BCUT2D eigenvalue weighted by molar-refractivity contribution is -0.138. The Labute approximate surface area is 115 Å². The van der Waals surface area contributed by atoms with Crippen LogP contribution in [0, 0.1) is 0 Å². The van der Waals surface area contributed by atoms with Crippen molar-refractivity contribution in [3.8, 4) is 5.75 Å². The van der Waals surface area contributed by atoms with E-state index < -0.39 is 19.7 Å². The van der Waals surface area contributed by atoms with Crippen LogP contribution in [0.5, 0.6) is 5.75 Å². The molecule has 8 heteroatoms. The molecular formula is C12H16BF3O4. The largest absolute Gasteiger partial charge is 0.496 e. The van der Waals surface area contributed by atoms with Crippen LogP contribution in [-0.2, 0) is 11.3 Å². The van der Waals surface area contributed by atoms with Crippen molar-refractivity contribution in [2.75, 3.05) is 13.7 Å². The van der Waals surface area contributed by atoms with Gasteiger partial charge in [-0.25, -0.2) is 0 Å². The van der Waals surface area contributed by atoms with E-state index in [-0.39, 0.29) is 25.1 Å². The molecule has 0 aromatic heterocycles. The van der Waals surface area contributed by atoms with Gasteiger partial charge in [-0.2, -0.15) is 13.2 Å². The molecule has 0 bridgehead atoms. The number of rotatable bonds is 7. The van der Waals surface area contributed by atoms with Crippen LogP contribution in [0.25, 0.3) is 0 Å². The first-order valence-corrected chi connectivity index (χ1v) is 6.01. The van der Waals surface area contributed by atoms with Crippen LogP contribution in [0.15, 0.2) is 18.2 Å². The van der Waals surface area contributed by atoms with Crippen LogP contribution in [0.4, 0.5) is 13.2 Å². The topological polar surface area (TPSA) is 58.9 Å². The summed E-state index contributed by atoms with van der Waals surface area (Å²) in [5.41, 5.74) is 0.810. The molecule has 0 saturated heterocycles. The Hall–Kier alpha value is -1.25. The van der Waals surface area contributed by atoms with Gasteiger partial charge in [0.25, 0.3) is 0 Å². The lowest BCUT2D eigenvalue weighted by Gasteiger charge is -2.11. The number of alkyl halides is 3. The van der Waals surface area contributed by atoms with E-state index in [1.165, 1.54) is 19.2 Å². The average Bonchev–Trinajstić information content (AvgIpc) is 2.36. The third-order valence-corrected chi connectivity index (χ3v) is 2.61. The number of halogens is 3. The summed E-state index contributed by atoms with van der Waals surface area (Å²) >= 11 is 0. The quantitative estimate of drug-likeness (QED) is 0.586. The van der Waals surface area contributed by atoms with Crippen LogP contribution in [-0.4, -0.2) is 37.1 Å². The van der Waals surface area contributed by atoms with E-state index in [4.69, 9.17) is 19.5 Å². The molecule has 1 rings (SSSR count). The van der Waals surface area contributed by atoms with Crippen molar-refractivity contribution in [3.63, 3.8) is 0 Å². The second-order valence-electron chi connectivity index (χ2n) is 4.22. The smallest absolute Gasteiger partial charge is 0.488 e. The van der Waals surface area contributed by atoms with E-state index in [1.807, 2.05) is 0 Å². The van der Waals surface area contributed by atoms with Crippen LogP contribution in [0.3, 0.4) is 0 Å². The zero-order chi connectivity index (χ0) is 15.2. The summed E-state index contributed by atoms with van der Waals surface area (Å²) < 4.78 is 46.0. The fourth-order valence-electron chi connectivity index (χ4n) is 1.63. The Morgan fingerprint density at radius 3 is 2.50 bits per heavy atom. The summed E-state index contributed by atoms with van der Waals surface area (Å²) in [5, 5.41) is 18.1. The maximum Gasteiger partial charge on any atom is 0.488 e. The molecule has 20 heavy (non-hydrogen) atoms. The molecule has 0 heterocycles. The fourth-order valence-corrected chi connectivity index (χ4v) is 1.63. The third-order valence-electron chi connectivity index (χ3n) is 2.61. The second-order valence-corrected chi connectivity index (χ2v) is 4.22. The van der Waals surface area contributed by atoms with E-state index in [9.17, 15) is 13.2 Å². The van der Waals surface area contributed by atoms with E-state index in [2.05, 4.69) is 0 Å². The van der Waals surface area contributed by atoms with Crippen molar-refractivity contribution >= 4 is 12.6 Å². The van der Waals surface area contributed by atoms with Gasteiger partial charge in [-0.05, 0) is 17.9 Å². The molecule has 1 aromatic carbocycles. The SMILES string of the molecule is COc1ccc(B(O)O)cc1COCCCC(F)(F)F. The Morgan fingerprint density at radius 1 is 1.25 bits per heavy atom. The normalized spacial score (nSPS) is 11.5. The van der Waals surface area contributed by atoms with Gasteiger partial charge in [-0.3, -0.25) is 0 Å². The molecule has 0 fully saturated rings. The van der Waals surface area contributed by atoms with Gasteiger partial charge >= 0.3 is 13.3 Å². The molecule has 0 atom stereocenters. The highest BCUT2D eigenvalue weighted by Crippen LogP contribution is 2.22. The Balaban J connectivity index is 2.51.